The van der Waals surface area contributed by atoms with E-state index in [0.717, 1.165) is 19.3 Å². The standard InChI is InChI=1S/C13H14FN/c1-10(13(9-15)7-4-8-13)11-5-2-3-6-12(11)14/h2-3,5-6,10H,4,7-8H2,1H3. The molecule has 1 aromatic carbocycles. The third kappa shape index (κ3) is 1.52. The molecule has 2 heteroatoms. The van der Waals surface area contributed by atoms with Gasteiger partial charge in [-0.1, -0.05) is 31.5 Å². The lowest BCUT2D eigenvalue weighted by Gasteiger charge is -2.40. The molecule has 1 fully saturated rings. The van der Waals surface area contributed by atoms with E-state index in [1.807, 2.05) is 13.0 Å². The van der Waals surface area contributed by atoms with E-state index < -0.39 is 0 Å². The summed E-state index contributed by atoms with van der Waals surface area (Å²) in [5.41, 5.74) is 0.362. The molecule has 0 radical (unpaired) electrons. The van der Waals surface area contributed by atoms with Crippen LogP contribution in [0.4, 0.5) is 4.39 Å². The summed E-state index contributed by atoms with van der Waals surface area (Å²) < 4.78 is 13.6. The molecule has 0 saturated heterocycles. The first-order chi connectivity index (χ1) is 7.19. The summed E-state index contributed by atoms with van der Waals surface area (Å²) in [5.74, 6) is -0.191. The van der Waals surface area contributed by atoms with Gasteiger partial charge >= 0.3 is 0 Å². The Morgan fingerprint density at radius 3 is 2.53 bits per heavy atom. The molecule has 1 aromatic rings. The fraction of sp³-hybridized carbons (Fsp3) is 0.462. The maximum Gasteiger partial charge on any atom is 0.126 e. The molecule has 78 valence electrons. The van der Waals surface area contributed by atoms with Gasteiger partial charge in [-0.3, -0.25) is 0 Å². The van der Waals surface area contributed by atoms with Crippen molar-refractivity contribution in [3.63, 3.8) is 0 Å². The summed E-state index contributed by atoms with van der Waals surface area (Å²) in [6.07, 6.45) is 2.89. The normalized spacial score (nSPS) is 20.1. The number of benzene rings is 1. The van der Waals surface area contributed by atoms with Gasteiger partial charge in [-0.15, -0.1) is 0 Å². The second-order valence-corrected chi connectivity index (χ2v) is 4.36. The average molecular weight is 203 g/mol. The molecule has 1 atom stereocenters. The lowest BCUT2D eigenvalue weighted by molar-refractivity contribution is 0.173. The van der Waals surface area contributed by atoms with E-state index in [0.29, 0.717) is 5.56 Å². The van der Waals surface area contributed by atoms with Crippen molar-refractivity contribution in [1.29, 1.82) is 5.26 Å². The molecule has 0 amide bonds. The first kappa shape index (κ1) is 10.2. The van der Waals surface area contributed by atoms with E-state index in [1.54, 1.807) is 12.1 Å². The van der Waals surface area contributed by atoms with Crippen LogP contribution in [0.15, 0.2) is 24.3 Å². The molecule has 0 spiro atoms. The van der Waals surface area contributed by atoms with Crippen molar-refractivity contribution in [3.05, 3.63) is 35.6 Å². The number of rotatable bonds is 2. The number of hydrogen-bond acceptors (Lipinski definition) is 1. The van der Waals surface area contributed by atoms with Gasteiger partial charge in [-0.05, 0) is 24.5 Å². The minimum Gasteiger partial charge on any atom is -0.207 e. The molecular formula is C13H14FN. The summed E-state index contributed by atoms with van der Waals surface area (Å²) in [6.45, 7) is 1.96. The lowest BCUT2D eigenvalue weighted by Crippen LogP contribution is -2.33. The average Bonchev–Trinajstić information content (AvgIpc) is 2.17. The van der Waals surface area contributed by atoms with Gasteiger partial charge in [0.15, 0.2) is 0 Å². The van der Waals surface area contributed by atoms with E-state index in [1.165, 1.54) is 6.07 Å². The molecule has 0 bridgehead atoms. The van der Waals surface area contributed by atoms with Crippen LogP contribution in [0.2, 0.25) is 0 Å². The molecule has 0 N–H and O–H groups in total. The van der Waals surface area contributed by atoms with E-state index in [4.69, 9.17) is 0 Å². The Morgan fingerprint density at radius 1 is 1.40 bits per heavy atom. The van der Waals surface area contributed by atoms with E-state index in [2.05, 4.69) is 6.07 Å². The molecular weight excluding hydrogens is 189 g/mol. The molecule has 1 nitrogen and oxygen atoms in total. The monoisotopic (exact) mass is 203 g/mol. The largest absolute Gasteiger partial charge is 0.207 e. The third-order valence-electron chi connectivity index (χ3n) is 3.67. The molecule has 1 unspecified atom stereocenters. The molecule has 1 saturated carbocycles. The van der Waals surface area contributed by atoms with Crippen molar-refractivity contribution in [2.45, 2.75) is 32.1 Å². The highest BCUT2D eigenvalue weighted by Crippen LogP contribution is 2.51. The molecule has 0 aliphatic heterocycles. The van der Waals surface area contributed by atoms with E-state index in [-0.39, 0.29) is 17.2 Å². The number of halogens is 1. The lowest BCUT2D eigenvalue weighted by atomic mass is 9.61. The number of nitrogens with zero attached hydrogens (tertiary/aromatic N) is 1. The Kier molecular flexibility index (Phi) is 2.48. The zero-order valence-corrected chi connectivity index (χ0v) is 8.83. The maximum absolute atomic E-state index is 13.6. The van der Waals surface area contributed by atoms with Crippen LogP contribution in [0.3, 0.4) is 0 Å². The fourth-order valence-electron chi connectivity index (χ4n) is 2.32. The van der Waals surface area contributed by atoms with Crippen molar-refractivity contribution in [2.75, 3.05) is 0 Å². The predicted octanol–water partition coefficient (Wildman–Crippen LogP) is 3.62. The summed E-state index contributed by atoms with van der Waals surface area (Å²) in [7, 11) is 0. The molecule has 15 heavy (non-hydrogen) atoms. The third-order valence-corrected chi connectivity index (χ3v) is 3.67. The van der Waals surface area contributed by atoms with Gasteiger partial charge < -0.3 is 0 Å². The van der Waals surface area contributed by atoms with Crippen molar-refractivity contribution in [2.24, 2.45) is 5.41 Å². The van der Waals surface area contributed by atoms with Crippen molar-refractivity contribution in [1.82, 2.24) is 0 Å². The Hall–Kier alpha value is -1.36. The van der Waals surface area contributed by atoms with Crippen LogP contribution >= 0.6 is 0 Å². The quantitative estimate of drug-likeness (QED) is 0.720. The van der Waals surface area contributed by atoms with Crippen LogP contribution in [0, 0.1) is 22.6 Å². The van der Waals surface area contributed by atoms with Gasteiger partial charge in [0.05, 0.1) is 11.5 Å². The van der Waals surface area contributed by atoms with E-state index >= 15 is 0 Å². The Bertz CT molecular complexity index is 401. The van der Waals surface area contributed by atoms with Crippen molar-refractivity contribution >= 4 is 0 Å². The SMILES string of the molecule is CC(c1ccccc1F)C1(C#N)CCC1. The van der Waals surface area contributed by atoms with Crippen LogP contribution in [0.5, 0.6) is 0 Å². The summed E-state index contributed by atoms with van der Waals surface area (Å²) in [6, 6.07) is 9.15. The number of hydrogen-bond donors (Lipinski definition) is 0. The highest BCUT2D eigenvalue weighted by atomic mass is 19.1. The first-order valence-corrected chi connectivity index (χ1v) is 5.35. The smallest absolute Gasteiger partial charge is 0.126 e. The predicted molar refractivity (Wildman–Crippen MR) is 56.7 cm³/mol. The highest BCUT2D eigenvalue weighted by Gasteiger charge is 2.43. The number of nitriles is 1. The molecule has 1 aliphatic carbocycles. The van der Waals surface area contributed by atoms with Crippen molar-refractivity contribution in [3.8, 4) is 6.07 Å². The summed E-state index contributed by atoms with van der Waals surface area (Å²) in [4.78, 5) is 0. The fourth-order valence-corrected chi connectivity index (χ4v) is 2.32. The van der Waals surface area contributed by atoms with Crippen LogP contribution in [-0.2, 0) is 0 Å². The first-order valence-electron chi connectivity index (χ1n) is 5.35. The van der Waals surface area contributed by atoms with Crippen LogP contribution in [-0.4, -0.2) is 0 Å². The van der Waals surface area contributed by atoms with Crippen LogP contribution in [0.25, 0.3) is 0 Å². The topological polar surface area (TPSA) is 23.8 Å². The zero-order valence-electron chi connectivity index (χ0n) is 8.83. The van der Waals surface area contributed by atoms with Gasteiger partial charge in [0, 0.05) is 5.92 Å². The van der Waals surface area contributed by atoms with Gasteiger partial charge in [0.1, 0.15) is 5.82 Å². The minimum absolute atomic E-state index is 0.00236. The summed E-state index contributed by atoms with van der Waals surface area (Å²) >= 11 is 0. The van der Waals surface area contributed by atoms with Crippen LogP contribution in [0.1, 0.15) is 37.7 Å². The molecule has 0 aromatic heterocycles. The highest BCUT2D eigenvalue weighted by molar-refractivity contribution is 5.27. The molecule has 0 heterocycles. The molecule has 1 aliphatic rings. The van der Waals surface area contributed by atoms with Gasteiger partial charge in [0.2, 0.25) is 0 Å². The van der Waals surface area contributed by atoms with Gasteiger partial charge in [-0.2, -0.15) is 5.26 Å². The Morgan fingerprint density at radius 2 is 2.07 bits per heavy atom. The van der Waals surface area contributed by atoms with Gasteiger partial charge in [-0.25, -0.2) is 4.39 Å². The Balaban J connectivity index is 2.32. The second kappa shape index (κ2) is 3.66. The van der Waals surface area contributed by atoms with E-state index in [9.17, 15) is 9.65 Å². The van der Waals surface area contributed by atoms with Crippen molar-refractivity contribution < 1.29 is 4.39 Å². The van der Waals surface area contributed by atoms with Crippen LogP contribution < -0.4 is 0 Å². The second-order valence-electron chi connectivity index (χ2n) is 4.36. The maximum atomic E-state index is 13.6. The minimum atomic E-state index is -0.317. The van der Waals surface area contributed by atoms with Gasteiger partial charge in [0.25, 0.3) is 0 Å². The Labute approximate surface area is 89.5 Å². The zero-order chi connectivity index (χ0) is 10.9. The molecule has 2 rings (SSSR count). The summed E-state index contributed by atoms with van der Waals surface area (Å²) in [5, 5.41) is 9.19.